The molecular weight excluding hydrogens is 757 g/mol. The number of allylic oxidation sites excluding steroid dienone is 2. The number of halogens is 3. The van der Waals surface area contributed by atoms with Gasteiger partial charge in [-0.2, -0.15) is 0 Å². The standard InChI is InChI=1S/C17H23I3N2O9/c18-12-11(16(30)31)17(20,1-4-23)15(22(3-6-25)10(29)8-27)13(19)14(12)21(2-5-24)9(28)7-26/h11,23-27H,1-8H2,(H,30,31). The molecule has 6 N–H and O–H groups in total. The number of hydrogen-bond donors (Lipinski definition) is 6. The van der Waals surface area contributed by atoms with E-state index in [-0.39, 0.29) is 38.1 Å². The van der Waals surface area contributed by atoms with Gasteiger partial charge in [0.2, 0.25) is 0 Å². The average molecular weight is 780 g/mol. The van der Waals surface area contributed by atoms with E-state index in [0.29, 0.717) is 0 Å². The Bertz CT molecular complexity index is 774. The molecular formula is C17H23I3N2O9. The van der Waals surface area contributed by atoms with E-state index in [1.807, 2.05) is 45.2 Å². The highest BCUT2D eigenvalue weighted by molar-refractivity contribution is 14.1. The molecule has 1 rings (SSSR count). The van der Waals surface area contributed by atoms with Gasteiger partial charge in [-0.25, -0.2) is 0 Å². The summed E-state index contributed by atoms with van der Waals surface area (Å²) in [5.41, 5.74) is 0.197. The molecule has 0 spiro atoms. The topological polar surface area (TPSA) is 179 Å². The van der Waals surface area contributed by atoms with Gasteiger partial charge in [0.15, 0.2) is 0 Å². The molecule has 2 atom stereocenters. The van der Waals surface area contributed by atoms with Gasteiger partial charge in [-0.15, -0.1) is 0 Å². The zero-order chi connectivity index (χ0) is 23.9. The molecule has 176 valence electrons. The van der Waals surface area contributed by atoms with Gasteiger partial charge in [-0.3, -0.25) is 14.4 Å². The summed E-state index contributed by atoms with van der Waals surface area (Å²) in [6.07, 6.45) is -0.0826. The first kappa shape index (κ1) is 28.9. The summed E-state index contributed by atoms with van der Waals surface area (Å²) in [4.78, 5) is 39.3. The Kier molecular flexibility index (Phi) is 12.1. The predicted octanol–water partition coefficient (Wildman–Crippen LogP) is -0.823. The smallest absolute Gasteiger partial charge is 0.313 e. The van der Waals surface area contributed by atoms with Crippen molar-refractivity contribution in [1.29, 1.82) is 0 Å². The Morgan fingerprint density at radius 2 is 1.35 bits per heavy atom. The number of rotatable bonds is 11. The molecule has 0 fully saturated rings. The van der Waals surface area contributed by atoms with Gasteiger partial charge in [0.1, 0.15) is 19.1 Å². The molecule has 0 aliphatic heterocycles. The monoisotopic (exact) mass is 780 g/mol. The van der Waals surface area contributed by atoms with Crippen molar-refractivity contribution in [1.82, 2.24) is 9.80 Å². The van der Waals surface area contributed by atoms with E-state index in [2.05, 4.69) is 0 Å². The molecule has 1 aliphatic carbocycles. The van der Waals surface area contributed by atoms with Gasteiger partial charge < -0.3 is 40.4 Å². The van der Waals surface area contributed by atoms with E-state index in [1.54, 1.807) is 22.6 Å². The minimum atomic E-state index is -1.37. The average Bonchev–Trinajstić information content (AvgIpc) is 2.70. The molecule has 0 saturated heterocycles. The van der Waals surface area contributed by atoms with Gasteiger partial charge in [0, 0.05) is 23.3 Å². The van der Waals surface area contributed by atoms with Gasteiger partial charge in [0.05, 0.1) is 31.6 Å². The van der Waals surface area contributed by atoms with E-state index < -0.39 is 60.2 Å². The highest BCUT2D eigenvalue weighted by Gasteiger charge is 2.53. The van der Waals surface area contributed by atoms with Gasteiger partial charge in [-0.1, -0.05) is 22.6 Å². The molecule has 0 aromatic heterocycles. The summed E-state index contributed by atoms with van der Waals surface area (Å²) in [6, 6.07) is 0. The van der Waals surface area contributed by atoms with Gasteiger partial charge in [0.25, 0.3) is 11.8 Å². The second-order valence-electron chi connectivity index (χ2n) is 6.32. The number of aliphatic carboxylic acids is 1. The lowest BCUT2D eigenvalue weighted by atomic mass is 9.81. The summed E-state index contributed by atoms with van der Waals surface area (Å²) in [7, 11) is 0. The molecule has 0 heterocycles. The summed E-state index contributed by atoms with van der Waals surface area (Å²) < 4.78 is -0.910. The number of aliphatic hydroxyl groups is 5. The number of hydrogen-bond acceptors (Lipinski definition) is 8. The molecule has 0 aromatic carbocycles. The van der Waals surface area contributed by atoms with Crippen molar-refractivity contribution in [2.24, 2.45) is 5.92 Å². The quantitative estimate of drug-likeness (QED) is 0.116. The zero-order valence-electron chi connectivity index (χ0n) is 16.2. The molecule has 11 nitrogen and oxygen atoms in total. The Balaban J connectivity index is 4.02. The van der Waals surface area contributed by atoms with Crippen LogP contribution in [0.25, 0.3) is 0 Å². The number of carbonyl (C=O) groups excluding carboxylic acids is 2. The van der Waals surface area contributed by atoms with Gasteiger partial charge >= 0.3 is 5.97 Å². The van der Waals surface area contributed by atoms with Crippen LogP contribution in [-0.2, 0) is 14.4 Å². The fourth-order valence-electron chi connectivity index (χ4n) is 3.29. The Morgan fingerprint density at radius 3 is 1.77 bits per heavy atom. The lowest BCUT2D eigenvalue weighted by Gasteiger charge is -2.45. The predicted molar refractivity (Wildman–Crippen MR) is 133 cm³/mol. The van der Waals surface area contributed by atoms with Crippen molar-refractivity contribution < 1.29 is 45.0 Å². The van der Waals surface area contributed by atoms with Crippen LogP contribution in [0.4, 0.5) is 0 Å². The number of aliphatic hydroxyl groups excluding tert-OH is 5. The van der Waals surface area contributed by atoms with Crippen LogP contribution in [0.3, 0.4) is 0 Å². The maximum absolute atomic E-state index is 12.5. The van der Waals surface area contributed by atoms with E-state index >= 15 is 0 Å². The molecule has 2 amide bonds. The normalized spacial score (nSPS) is 21.4. The molecule has 31 heavy (non-hydrogen) atoms. The summed E-state index contributed by atoms with van der Waals surface area (Å²) >= 11 is 5.45. The molecule has 2 unspecified atom stereocenters. The SMILES string of the molecule is O=C(O)C1C(I)=C(N(CCO)C(=O)CO)C(I)=C(N(CCO)C(=O)CO)C1(I)CCO. The van der Waals surface area contributed by atoms with Crippen LogP contribution in [0.5, 0.6) is 0 Å². The van der Waals surface area contributed by atoms with E-state index in [9.17, 15) is 45.0 Å². The number of carboxylic acid groups (broad SMARTS) is 1. The molecule has 0 bridgehead atoms. The van der Waals surface area contributed by atoms with Crippen LogP contribution < -0.4 is 0 Å². The zero-order valence-corrected chi connectivity index (χ0v) is 22.6. The van der Waals surface area contributed by atoms with Crippen molar-refractivity contribution in [2.75, 3.05) is 46.1 Å². The van der Waals surface area contributed by atoms with E-state index in [4.69, 9.17) is 0 Å². The van der Waals surface area contributed by atoms with Crippen LogP contribution >= 0.6 is 67.8 Å². The second kappa shape index (κ2) is 12.9. The van der Waals surface area contributed by atoms with E-state index in [1.165, 1.54) is 0 Å². The fourth-order valence-corrected chi connectivity index (χ4v) is 9.01. The first-order valence-electron chi connectivity index (χ1n) is 8.94. The van der Waals surface area contributed by atoms with Crippen molar-refractivity contribution in [2.45, 2.75) is 9.84 Å². The number of alkyl halides is 1. The lowest BCUT2D eigenvalue weighted by molar-refractivity contribution is -0.142. The highest BCUT2D eigenvalue weighted by Crippen LogP contribution is 2.54. The van der Waals surface area contributed by atoms with E-state index in [0.717, 1.165) is 9.80 Å². The lowest BCUT2D eigenvalue weighted by Crippen LogP contribution is -2.52. The third kappa shape index (κ3) is 6.07. The third-order valence-corrected chi connectivity index (χ3v) is 8.36. The third-order valence-electron chi connectivity index (χ3n) is 4.53. The van der Waals surface area contributed by atoms with Crippen molar-refractivity contribution in [3.63, 3.8) is 0 Å². The highest BCUT2D eigenvalue weighted by atomic mass is 127. The first-order valence-corrected chi connectivity index (χ1v) is 12.2. The molecule has 0 saturated carbocycles. The van der Waals surface area contributed by atoms with Crippen molar-refractivity contribution in [3.05, 3.63) is 18.6 Å². The summed E-state index contributed by atoms with van der Waals surface area (Å²) in [6.45, 7) is -3.70. The Hall–Kier alpha value is -0.120. The van der Waals surface area contributed by atoms with Crippen LogP contribution in [0.2, 0.25) is 0 Å². The van der Waals surface area contributed by atoms with Crippen LogP contribution in [0.1, 0.15) is 6.42 Å². The summed E-state index contributed by atoms with van der Waals surface area (Å²) in [5, 5.41) is 57.5. The maximum atomic E-state index is 12.5. The molecule has 14 heteroatoms. The minimum Gasteiger partial charge on any atom is -0.481 e. The van der Waals surface area contributed by atoms with Crippen molar-refractivity contribution >= 4 is 85.6 Å². The van der Waals surface area contributed by atoms with Crippen molar-refractivity contribution in [3.8, 4) is 0 Å². The number of carboxylic acids is 1. The number of amides is 2. The number of carbonyl (C=O) groups is 3. The Morgan fingerprint density at radius 1 is 0.871 bits per heavy atom. The molecule has 1 aliphatic rings. The number of nitrogens with zero attached hydrogens (tertiary/aromatic N) is 2. The largest absolute Gasteiger partial charge is 0.481 e. The van der Waals surface area contributed by atoms with Gasteiger partial charge in [-0.05, 0) is 51.6 Å². The minimum absolute atomic E-state index is 0.0826. The summed E-state index contributed by atoms with van der Waals surface area (Å²) in [5.74, 6) is -4.20. The maximum Gasteiger partial charge on any atom is 0.313 e. The fraction of sp³-hybridized carbons (Fsp3) is 0.588. The second-order valence-corrected chi connectivity index (χ2v) is 10.5. The van der Waals surface area contributed by atoms with Crippen LogP contribution in [-0.4, -0.2) is 108 Å². The molecule has 0 radical (unpaired) electrons. The van der Waals surface area contributed by atoms with Crippen LogP contribution in [0.15, 0.2) is 18.6 Å². The Labute approximate surface area is 219 Å². The van der Waals surface area contributed by atoms with Crippen LogP contribution in [0, 0.1) is 5.92 Å². The molecule has 0 aromatic rings. The first-order chi connectivity index (χ1) is 14.6.